The van der Waals surface area contributed by atoms with Gasteiger partial charge in [0.15, 0.2) is 0 Å². The van der Waals surface area contributed by atoms with Crippen LogP contribution in [-0.4, -0.2) is 27.4 Å². The van der Waals surface area contributed by atoms with Gasteiger partial charge < -0.3 is 10.6 Å². The Kier molecular flexibility index (Phi) is 7.40. The van der Waals surface area contributed by atoms with Crippen LogP contribution < -0.4 is 16.2 Å². The minimum absolute atomic E-state index is 0.0692. The molecule has 2 aromatic carbocycles. The molecule has 1 aliphatic rings. The lowest BCUT2D eigenvalue weighted by atomic mass is 10.2. The standard InChI is InChI=1S/C25H27ClN4O3/c26-19-10-4-1-7-17(19)15-27-24(32)16-30-22-12-6-5-11-20(22)29-21(25(30)33)13-14-23(31)28-18-8-2-3-9-18/h1,4-7,10-12,18H,2-3,8-9,13-16H2,(H,27,32)(H,28,31). The minimum atomic E-state index is -0.352. The van der Waals surface area contributed by atoms with E-state index in [2.05, 4.69) is 15.6 Å². The fraction of sp³-hybridized carbons (Fsp3) is 0.360. The second-order valence-electron chi connectivity index (χ2n) is 8.36. The van der Waals surface area contributed by atoms with Gasteiger partial charge >= 0.3 is 0 Å². The molecular weight excluding hydrogens is 440 g/mol. The van der Waals surface area contributed by atoms with Gasteiger partial charge in [0.1, 0.15) is 12.2 Å². The van der Waals surface area contributed by atoms with Crippen molar-refractivity contribution in [1.29, 1.82) is 0 Å². The summed E-state index contributed by atoms with van der Waals surface area (Å²) < 4.78 is 1.43. The normalized spacial score (nSPS) is 13.8. The van der Waals surface area contributed by atoms with Gasteiger partial charge in [-0.1, -0.05) is 54.8 Å². The molecule has 0 aliphatic heterocycles. The molecule has 1 saturated carbocycles. The van der Waals surface area contributed by atoms with E-state index < -0.39 is 0 Å². The van der Waals surface area contributed by atoms with E-state index >= 15 is 0 Å². The van der Waals surface area contributed by atoms with Crippen LogP contribution in [0.25, 0.3) is 11.0 Å². The highest BCUT2D eigenvalue weighted by Crippen LogP contribution is 2.18. The maximum Gasteiger partial charge on any atom is 0.273 e. The first-order valence-electron chi connectivity index (χ1n) is 11.3. The van der Waals surface area contributed by atoms with Gasteiger partial charge in [0.2, 0.25) is 11.8 Å². The van der Waals surface area contributed by atoms with Crippen LogP contribution in [-0.2, 0) is 29.1 Å². The average molecular weight is 467 g/mol. The Morgan fingerprint density at radius 2 is 1.76 bits per heavy atom. The molecule has 2 N–H and O–H groups in total. The van der Waals surface area contributed by atoms with Crippen LogP contribution in [0.1, 0.15) is 43.4 Å². The molecule has 7 nitrogen and oxygen atoms in total. The number of rotatable bonds is 8. The number of hydrogen-bond acceptors (Lipinski definition) is 4. The lowest BCUT2D eigenvalue weighted by Crippen LogP contribution is -2.35. The van der Waals surface area contributed by atoms with E-state index in [9.17, 15) is 14.4 Å². The molecule has 0 unspecified atom stereocenters. The van der Waals surface area contributed by atoms with Crippen molar-refractivity contribution in [1.82, 2.24) is 20.2 Å². The van der Waals surface area contributed by atoms with E-state index in [1.54, 1.807) is 24.3 Å². The maximum absolute atomic E-state index is 13.2. The van der Waals surface area contributed by atoms with E-state index in [-0.39, 0.29) is 55.0 Å². The quantitative estimate of drug-likeness (QED) is 0.532. The van der Waals surface area contributed by atoms with E-state index in [1.165, 1.54) is 4.57 Å². The maximum atomic E-state index is 13.2. The molecule has 3 aromatic rings. The van der Waals surface area contributed by atoms with Crippen LogP contribution >= 0.6 is 11.6 Å². The van der Waals surface area contributed by atoms with Crippen LogP contribution in [0.15, 0.2) is 53.3 Å². The summed E-state index contributed by atoms with van der Waals surface area (Å²) >= 11 is 6.16. The molecule has 4 rings (SSSR count). The summed E-state index contributed by atoms with van der Waals surface area (Å²) in [6, 6.07) is 14.7. The zero-order valence-corrected chi connectivity index (χ0v) is 19.1. The number of para-hydroxylation sites is 2. The average Bonchev–Trinajstić information content (AvgIpc) is 3.32. The fourth-order valence-electron chi connectivity index (χ4n) is 4.20. The summed E-state index contributed by atoms with van der Waals surface area (Å²) in [4.78, 5) is 42.7. The number of carbonyl (C=O) groups excluding carboxylic acids is 2. The molecule has 33 heavy (non-hydrogen) atoms. The number of fused-ring (bicyclic) bond motifs is 1. The summed E-state index contributed by atoms with van der Waals surface area (Å²) in [5, 5.41) is 6.43. The van der Waals surface area contributed by atoms with E-state index in [0.717, 1.165) is 31.2 Å². The van der Waals surface area contributed by atoms with Gasteiger partial charge in [-0.15, -0.1) is 0 Å². The van der Waals surface area contributed by atoms with Gasteiger partial charge in [0.25, 0.3) is 5.56 Å². The van der Waals surface area contributed by atoms with Gasteiger partial charge in [-0.2, -0.15) is 0 Å². The van der Waals surface area contributed by atoms with Crippen molar-refractivity contribution in [2.45, 2.75) is 57.7 Å². The highest BCUT2D eigenvalue weighted by atomic mass is 35.5. The Bertz CT molecular complexity index is 1220. The van der Waals surface area contributed by atoms with Crippen LogP contribution in [0.4, 0.5) is 0 Å². The molecular formula is C25H27ClN4O3. The highest BCUT2D eigenvalue weighted by molar-refractivity contribution is 6.31. The molecule has 1 aromatic heterocycles. The van der Waals surface area contributed by atoms with Crippen LogP contribution in [0.5, 0.6) is 0 Å². The highest BCUT2D eigenvalue weighted by Gasteiger charge is 2.19. The van der Waals surface area contributed by atoms with Crippen molar-refractivity contribution in [2.75, 3.05) is 0 Å². The van der Waals surface area contributed by atoms with E-state index in [0.29, 0.717) is 16.1 Å². The SMILES string of the molecule is O=C(Cn1c(=O)c(CCC(=O)NC2CCCC2)nc2ccccc21)NCc1ccccc1Cl. The predicted octanol–water partition coefficient (Wildman–Crippen LogP) is 3.36. The summed E-state index contributed by atoms with van der Waals surface area (Å²) in [7, 11) is 0. The summed E-state index contributed by atoms with van der Waals surface area (Å²) in [5.41, 5.74) is 1.93. The molecule has 8 heteroatoms. The Hall–Kier alpha value is -3.19. The number of aryl methyl sites for hydroxylation is 1. The molecule has 2 amide bonds. The number of aromatic nitrogens is 2. The van der Waals surface area contributed by atoms with Crippen LogP contribution in [0, 0.1) is 0 Å². The van der Waals surface area contributed by atoms with E-state index in [1.807, 2.05) is 24.3 Å². The van der Waals surface area contributed by atoms with Gasteiger partial charge in [0, 0.05) is 30.5 Å². The van der Waals surface area contributed by atoms with Crippen molar-refractivity contribution in [3.8, 4) is 0 Å². The Morgan fingerprint density at radius 3 is 2.55 bits per heavy atom. The summed E-state index contributed by atoms with van der Waals surface area (Å²) in [6.45, 7) is 0.123. The molecule has 0 saturated heterocycles. The lowest BCUT2D eigenvalue weighted by molar-refractivity contribution is -0.122. The number of amides is 2. The second kappa shape index (κ2) is 10.6. The number of carbonyl (C=O) groups is 2. The number of nitrogens with one attached hydrogen (secondary N) is 2. The number of nitrogens with zero attached hydrogens (tertiary/aromatic N) is 2. The number of benzene rings is 2. The second-order valence-corrected chi connectivity index (χ2v) is 8.76. The molecule has 0 bridgehead atoms. The molecule has 0 radical (unpaired) electrons. The molecule has 172 valence electrons. The zero-order valence-electron chi connectivity index (χ0n) is 18.4. The number of halogens is 1. The van der Waals surface area contributed by atoms with Crippen molar-refractivity contribution >= 4 is 34.4 Å². The number of hydrogen-bond donors (Lipinski definition) is 2. The van der Waals surface area contributed by atoms with Gasteiger partial charge in [-0.25, -0.2) is 4.98 Å². The fourth-order valence-corrected chi connectivity index (χ4v) is 4.40. The first-order chi connectivity index (χ1) is 16.0. The molecule has 0 atom stereocenters. The smallest absolute Gasteiger partial charge is 0.273 e. The molecule has 1 fully saturated rings. The Balaban J connectivity index is 1.48. The molecule has 1 heterocycles. The first-order valence-corrected chi connectivity index (χ1v) is 11.7. The topological polar surface area (TPSA) is 93.1 Å². The van der Waals surface area contributed by atoms with Crippen molar-refractivity contribution in [3.63, 3.8) is 0 Å². The predicted molar refractivity (Wildman–Crippen MR) is 128 cm³/mol. The van der Waals surface area contributed by atoms with Crippen molar-refractivity contribution < 1.29 is 9.59 Å². The molecule has 1 aliphatic carbocycles. The third-order valence-corrected chi connectivity index (χ3v) is 6.33. The minimum Gasteiger partial charge on any atom is -0.353 e. The summed E-state index contributed by atoms with van der Waals surface area (Å²) in [6.07, 6.45) is 4.71. The van der Waals surface area contributed by atoms with Crippen LogP contribution in [0.3, 0.4) is 0 Å². The monoisotopic (exact) mass is 466 g/mol. The zero-order chi connectivity index (χ0) is 23.2. The van der Waals surface area contributed by atoms with Crippen LogP contribution in [0.2, 0.25) is 5.02 Å². The van der Waals surface area contributed by atoms with Gasteiger partial charge in [-0.3, -0.25) is 19.0 Å². The van der Waals surface area contributed by atoms with Crippen molar-refractivity contribution in [3.05, 3.63) is 75.2 Å². The Labute approximate surface area is 197 Å². The first kappa shape index (κ1) is 23.0. The van der Waals surface area contributed by atoms with Crippen molar-refractivity contribution in [2.24, 2.45) is 0 Å². The van der Waals surface area contributed by atoms with E-state index in [4.69, 9.17) is 11.6 Å². The third-order valence-electron chi connectivity index (χ3n) is 5.96. The van der Waals surface area contributed by atoms with Gasteiger partial charge in [0.05, 0.1) is 11.0 Å². The largest absolute Gasteiger partial charge is 0.353 e. The third kappa shape index (κ3) is 5.79. The Morgan fingerprint density at radius 1 is 1.03 bits per heavy atom. The molecule has 0 spiro atoms. The lowest BCUT2D eigenvalue weighted by Gasteiger charge is -2.14. The van der Waals surface area contributed by atoms with Gasteiger partial charge in [-0.05, 0) is 36.6 Å². The summed E-state index contributed by atoms with van der Waals surface area (Å²) in [5.74, 6) is -0.376.